The minimum atomic E-state index is -0.678. The number of halogens is 1. The van der Waals surface area contributed by atoms with E-state index in [4.69, 9.17) is 4.74 Å². The zero-order chi connectivity index (χ0) is 19.1. The van der Waals surface area contributed by atoms with Crippen LogP contribution in [-0.4, -0.2) is 38.7 Å². The van der Waals surface area contributed by atoms with E-state index in [1.54, 1.807) is 0 Å². The lowest BCUT2D eigenvalue weighted by Gasteiger charge is -2.10. The minimum Gasteiger partial charge on any atom is -0.484 e. The molecular weight excluding hydrogens is 345 g/mol. The molecule has 0 saturated heterocycles. The summed E-state index contributed by atoms with van der Waals surface area (Å²) in [5.74, 6) is -2.22. The fourth-order valence-corrected chi connectivity index (χ4v) is 2.07. The summed E-state index contributed by atoms with van der Waals surface area (Å²) < 4.78 is 27.5. The maximum absolute atomic E-state index is 13.1. The second-order valence-electron chi connectivity index (χ2n) is 5.08. The Balaban J connectivity index is 2.12. The molecule has 0 aliphatic carbocycles. The highest BCUT2D eigenvalue weighted by Crippen LogP contribution is 2.17. The summed E-state index contributed by atoms with van der Waals surface area (Å²) in [6.07, 6.45) is 0. The smallest absolute Gasteiger partial charge is 0.337 e. The molecule has 2 rings (SSSR count). The molecule has 0 unspecified atom stereocenters. The van der Waals surface area contributed by atoms with Crippen LogP contribution in [0.1, 0.15) is 20.7 Å². The van der Waals surface area contributed by atoms with Crippen molar-refractivity contribution in [3.05, 3.63) is 59.4 Å². The van der Waals surface area contributed by atoms with Gasteiger partial charge in [0, 0.05) is 11.8 Å². The van der Waals surface area contributed by atoms with Crippen LogP contribution in [0, 0.1) is 5.82 Å². The van der Waals surface area contributed by atoms with Crippen LogP contribution in [-0.2, 0) is 14.3 Å². The Morgan fingerprint density at radius 2 is 1.58 bits per heavy atom. The molecular formula is C18H16FNO6. The van der Waals surface area contributed by atoms with Gasteiger partial charge in [-0.3, -0.25) is 4.79 Å². The van der Waals surface area contributed by atoms with E-state index >= 15 is 0 Å². The third-order valence-electron chi connectivity index (χ3n) is 3.22. The Morgan fingerprint density at radius 3 is 2.12 bits per heavy atom. The Bertz CT molecular complexity index is 802. The highest BCUT2D eigenvalue weighted by Gasteiger charge is 2.15. The van der Waals surface area contributed by atoms with E-state index in [0.717, 1.165) is 6.07 Å². The molecule has 2 aromatic carbocycles. The molecule has 26 heavy (non-hydrogen) atoms. The number of anilines is 1. The zero-order valence-electron chi connectivity index (χ0n) is 14.1. The molecule has 0 saturated carbocycles. The van der Waals surface area contributed by atoms with E-state index in [2.05, 4.69) is 14.8 Å². The van der Waals surface area contributed by atoms with Crippen LogP contribution in [0.3, 0.4) is 0 Å². The predicted octanol–water partition coefficient (Wildman–Crippen LogP) is 2.42. The van der Waals surface area contributed by atoms with Crippen molar-refractivity contribution in [3.63, 3.8) is 0 Å². The van der Waals surface area contributed by atoms with Gasteiger partial charge in [0.1, 0.15) is 11.6 Å². The van der Waals surface area contributed by atoms with Crippen LogP contribution in [0.5, 0.6) is 5.75 Å². The Labute approximate surface area is 148 Å². The van der Waals surface area contributed by atoms with Crippen LogP contribution in [0.4, 0.5) is 10.1 Å². The maximum atomic E-state index is 13.1. The standard InChI is InChI=1S/C18H16FNO6/c1-24-17(22)11-6-12(18(23)25-2)8-14(7-11)20-16(21)10-26-15-5-3-4-13(19)9-15/h3-9H,10H2,1-2H3,(H,20,21). The van der Waals surface area contributed by atoms with Gasteiger partial charge in [-0.05, 0) is 30.3 Å². The number of benzene rings is 2. The monoisotopic (exact) mass is 361 g/mol. The topological polar surface area (TPSA) is 90.9 Å². The van der Waals surface area contributed by atoms with E-state index in [0.29, 0.717) is 0 Å². The molecule has 8 heteroatoms. The van der Waals surface area contributed by atoms with Crippen LogP contribution in [0.2, 0.25) is 0 Å². The van der Waals surface area contributed by atoms with Gasteiger partial charge in [0.05, 0.1) is 25.3 Å². The first-order valence-electron chi connectivity index (χ1n) is 7.43. The molecule has 0 bridgehead atoms. The zero-order valence-corrected chi connectivity index (χ0v) is 14.1. The van der Waals surface area contributed by atoms with E-state index < -0.39 is 23.7 Å². The third kappa shape index (κ3) is 5.04. The Morgan fingerprint density at radius 1 is 0.962 bits per heavy atom. The number of hydrogen-bond acceptors (Lipinski definition) is 6. The molecule has 0 spiro atoms. The van der Waals surface area contributed by atoms with Crippen molar-refractivity contribution in [2.45, 2.75) is 0 Å². The van der Waals surface area contributed by atoms with E-state index in [1.165, 1.54) is 50.6 Å². The number of carbonyl (C=O) groups is 3. The van der Waals surface area contributed by atoms with Crippen molar-refractivity contribution in [1.29, 1.82) is 0 Å². The lowest BCUT2D eigenvalue weighted by atomic mass is 10.1. The van der Waals surface area contributed by atoms with Gasteiger partial charge in [-0.15, -0.1) is 0 Å². The average molecular weight is 361 g/mol. The summed E-state index contributed by atoms with van der Waals surface area (Å²) >= 11 is 0. The molecule has 0 heterocycles. The van der Waals surface area contributed by atoms with Crippen LogP contribution in [0.25, 0.3) is 0 Å². The number of esters is 2. The van der Waals surface area contributed by atoms with E-state index in [9.17, 15) is 18.8 Å². The summed E-state index contributed by atoms with van der Waals surface area (Å²) in [6, 6.07) is 9.32. The molecule has 0 aliphatic heterocycles. The molecule has 0 aliphatic rings. The number of methoxy groups -OCH3 is 2. The molecule has 0 atom stereocenters. The van der Waals surface area contributed by atoms with Gasteiger partial charge in [0.25, 0.3) is 5.91 Å². The Kier molecular flexibility index (Phi) is 6.26. The van der Waals surface area contributed by atoms with Crippen LogP contribution >= 0.6 is 0 Å². The SMILES string of the molecule is COC(=O)c1cc(NC(=O)COc2cccc(F)c2)cc(C(=O)OC)c1. The quantitative estimate of drug-likeness (QED) is 0.795. The summed E-state index contributed by atoms with van der Waals surface area (Å²) in [6.45, 7) is -0.389. The fourth-order valence-electron chi connectivity index (χ4n) is 2.07. The highest BCUT2D eigenvalue weighted by atomic mass is 19.1. The number of ether oxygens (including phenoxy) is 3. The molecule has 7 nitrogen and oxygen atoms in total. The van der Waals surface area contributed by atoms with Gasteiger partial charge in [0.2, 0.25) is 0 Å². The van der Waals surface area contributed by atoms with Crippen molar-refractivity contribution in [2.75, 3.05) is 26.1 Å². The summed E-state index contributed by atoms with van der Waals surface area (Å²) in [5.41, 5.74) is 0.314. The predicted molar refractivity (Wildman–Crippen MR) is 89.6 cm³/mol. The molecule has 1 amide bonds. The number of carbonyl (C=O) groups excluding carboxylic acids is 3. The molecule has 0 radical (unpaired) electrons. The normalized spacial score (nSPS) is 9.96. The largest absolute Gasteiger partial charge is 0.484 e. The highest BCUT2D eigenvalue weighted by molar-refractivity contribution is 5.99. The number of nitrogens with one attached hydrogen (secondary N) is 1. The molecule has 1 N–H and O–H groups in total. The molecule has 0 fully saturated rings. The van der Waals surface area contributed by atoms with Crippen molar-refractivity contribution >= 4 is 23.5 Å². The Hall–Kier alpha value is -3.42. The van der Waals surface area contributed by atoms with Gasteiger partial charge in [-0.1, -0.05) is 6.07 Å². The first-order valence-corrected chi connectivity index (χ1v) is 7.43. The average Bonchev–Trinajstić information content (AvgIpc) is 2.64. The number of rotatable bonds is 6. The van der Waals surface area contributed by atoms with Crippen LogP contribution in [0.15, 0.2) is 42.5 Å². The summed E-state index contributed by atoms with van der Waals surface area (Å²) in [5, 5.41) is 2.49. The first-order chi connectivity index (χ1) is 12.4. The van der Waals surface area contributed by atoms with Crippen molar-refractivity contribution in [1.82, 2.24) is 0 Å². The van der Waals surface area contributed by atoms with Crippen molar-refractivity contribution in [3.8, 4) is 5.75 Å². The molecule has 136 valence electrons. The van der Waals surface area contributed by atoms with Gasteiger partial charge in [-0.2, -0.15) is 0 Å². The summed E-state index contributed by atoms with van der Waals surface area (Å²) in [4.78, 5) is 35.4. The third-order valence-corrected chi connectivity index (χ3v) is 3.22. The first kappa shape index (κ1) is 18.9. The van der Waals surface area contributed by atoms with Gasteiger partial charge in [-0.25, -0.2) is 14.0 Å². The van der Waals surface area contributed by atoms with E-state index in [1.807, 2.05) is 0 Å². The van der Waals surface area contributed by atoms with E-state index in [-0.39, 0.29) is 29.2 Å². The fraction of sp³-hybridized carbons (Fsp3) is 0.167. The second kappa shape index (κ2) is 8.61. The minimum absolute atomic E-state index is 0.0664. The van der Waals surface area contributed by atoms with Gasteiger partial charge < -0.3 is 19.5 Å². The van der Waals surface area contributed by atoms with Gasteiger partial charge >= 0.3 is 11.9 Å². The number of hydrogen-bond donors (Lipinski definition) is 1. The summed E-state index contributed by atoms with van der Waals surface area (Å²) in [7, 11) is 2.39. The van der Waals surface area contributed by atoms with Gasteiger partial charge in [0.15, 0.2) is 6.61 Å². The van der Waals surface area contributed by atoms with Crippen LogP contribution < -0.4 is 10.1 Å². The second-order valence-corrected chi connectivity index (χ2v) is 5.08. The number of amides is 1. The molecule has 2 aromatic rings. The van der Waals surface area contributed by atoms with Crippen molar-refractivity contribution in [2.24, 2.45) is 0 Å². The maximum Gasteiger partial charge on any atom is 0.337 e. The van der Waals surface area contributed by atoms with Crippen molar-refractivity contribution < 1.29 is 33.0 Å². The molecule has 0 aromatic heterocycles. The lowest BCUT2D eigenvalue weighted by molar-refractivity contribution is -0.118. The lowest BCUT2D eigenvalue weighted by Crippen LogP contribution is -2.21.